The first-order valence-corrected chi connectivity index (χ1v) is 7.40. The third-order valence-corrected chi connectivity index (χ3v) is 3.94. The van der Waals surface area contributed by atoms with Gasteiger partial charge in [-0.3, -0.25) is 0 Å². The van der Waals surface area contributed by atoms with Crippen molar-refractivity contribution in [1.82, 2.24) is 0 Å². The van der Waals surface area contributed by atoms with E-state index in [0.717, 1.165) is 12.8 Å². The average molecular weight is 255 g/mol. The molecular formula is C12H17NO3S. The molecule has 0 unspecified atom stereocenters. The Kier molecular flexibility index (Phi) is 3.69. The van der Waals surface area contributed by atoms with Gasteiger partial charge in [0.25, 0.3) is 0 Å². The summed E-state index contributed by atoms with van der Waals surface area (Å²) in [7, 11) is -3.61. The number of ether oxygens (including phenoxy) is 1. The molecule has 0 spiro atoms. The highest BCUT2D eigenvalue weighted by atomic mass is 32.2. The van der Waals surface area contributed by atoms with Gasteiger partial charge < -0.3 is 4.74 Å². The molecule has 4 nitrogen and oxygen atoms in total. The Morgan fingerprint density at radius 1 is 1.06 bits per heavy atom. The summed E-state index contributed by atoms with van der Waals surface area (Å²) < 4.78 is 27.9. The maximum atomic E-state index is 11.1. The molecule has 0 aliphatic heterocycles. The zero-order chi connectivity index (χ0) is 12.3. The first-order valence-electron chi connectivity index (χ1n) is 5.85. The summed E-state index contributed by atoms with van der Waals surface area (Å²) >= 11 is 0. The highest BCUT2D eigenvalue weighted by molar-refractivity contribution is 7.89. The number of sulfonamides is 1. The van der Waals surface area contributed by atoms with Gasteiger partial charge in [-0.05, 0) is 49.9 Å². The Labute approximate surface area is 102 Å². The molecule has 0 saturated heterocycles. The fraction of sp³-hybridized carbons (Fsp3) is 0.500. The molecule has 0 atom stereocenters. The minimum absolute atomic E-state index is 0.119. The van der Waals surface area contributed by atoms with E-state index in [9.17, 15) is 8.42 Å². The summed E-state index contributed by atoms with van der Waals surface area (Å²) in [5.74, 6) is 0.712. The van der Waals surface area contributed by atoms with Crippen molar-refractivity contribution < 1.29 is 13.2 Å². The van der Waals surface area contributed by atoms with Gasteiger partial charge in [0.05, 0.1) is 11.0 Å². The Morgan fingerprint density at radius 3 is 2.18 bits per heavy atom. The van der Waals surface area contributed by atoms with Crippen molar-refractivity contribution in [3.05, 3.63) is 24.3 Å². The van der Waals surface area contributed by atoms with Crippen LogP contribution in [-0.4, -0.2) is 14.5 Å². The van der Waals surface area contributed by atoms with Gasteiger partial charge >= 0.3 is 0 Å². The minimum Gasteiger partial charge on any atom is -0.490 e. The van der Waals surface area contributed by atoms with E-state index in [-0.39, 0.29) is 11.0 Å². The maximum Gasteiger partial charge on any atom is 0.238 e. The molecular weight excluding hydrogens is 238 g/mol. The Hall–Kier alpha value is -1.07. The van der Waals surface area contributed by atoms with Crippen molar-refractivity contribution in [2.45, 2.75) is 43.1 Å². The number of benzene rings is 1. The van der Waals surface area contributed by atoms with Crippen LogP contribution in [0.3, 0.4) is 0 Å². The zero-order valence-corrected chi connectivity index (χ0v) is 10.4. The van der Waals surface area contributed by atoms with E-state index >= 15 is 0 Å². The van der Waals surface area contributed by atoms with Crippen LogP contribution in [0.5, 0.6) is 5.75 Å². The van der Waals surface area contributed by atoms with Gasteiger partial charge in [0.15, 0.2) is 0 Å². The number of hydrogen-bond donors (Lipinski definition) is 1. The summed E-state index contributed by atoms with van der Waals surface area (Å²) in [6.45, 7) is 0. The quantitative estimate of drug-likeness (QED) is 0.898. The summed E-state index contributed by atoms with van der Waals surface area (Å²) in [6.07, 6.45) is 6.13. The van der Waals surface area contributed by atoms with Gasteiger partial charge in [-0.2, -0.15) is 0 Å². The van der Waals surface area contributed by atoms with Crippen molar-refractivity contribution in [3.63, 3.8) is 0 Å². The van der Waals surface area contributed by atoms with Crippen LogP contribution in [0.4, 0.5) is 0 Å². The van der Waals surface area contributed by atoms with Gasteiger partial charge in [0, 0.05) is 0 Å². The molecule has 5 heteroatoms. The largest absolute Gasteiger partial charge is 0.490 e. The van der Waals surface area contributed by atoms with Crippen LogP contribution in [0.25, 0.3) is 0 Å². The van der Waals surface area contributed by atoms with Crippen molar-refractivity contribution in [2.24, 2.45) is 5.14 Å². The number of rotatable bonds is 3. The van der Waals surface area contributed by atoms with Crippen molar-refractivity contribution >= 4 is 10.0 Å². The highest BCUT2D eigenvalue weighted by Gasteiger charge is 2.15. The van der Waals surface area contributed by atoms with E-state index in [4.69, 9.17) is 9.88 Å². The first kappa shape index (κ1) is 12.4. The molecule has 94 valence electrons. The van der Waals surface area contributed by atoms with E-state index in [1.54, 1.807) is 12.1 Å². The fourth-order valence-electron chi connectivity index (χ4n) is 2.08. The Balaban J connectivity index is 2.03. The van der Waals surface area contributed by atoms with E-state index in [1.807, 2.05) is 0 Å². The molecule has 0 amide bonds. The van der Waals surface area contributed by atoms with Gasteiger partial charge in [-0.15, -0.1) is 0 Å². The summed E-state index contributed by atoms with van der Waals surface area (Å²) in [5.41, 5.74) is 0. The number of primary sulfonamides is 1. The molecule has 1 aliphatic rings. The van der Waals surface area contributed by atoms with Crippen molar-refractivity contribution in [2.75, 3.05) is 0 Å². The van der Waals surface area contributed by atoms with Crippen LogP contribution in [0.1, 0.15) is 32.1 Å². The fourth-order valence-corrected chi connectivity index (χ4v) is 2.60. The highest BCUT2D eigenvalue weighted by Crippen LogP contribution is 2.23. The first-order chi connectivity index (χ1) is 8.05. The third-order valence-electron chi connectivity index (χ3n) is 3.01. The van der Waals surface area contributed by atoms with E-state index in [0.29, 0.717) is 5.75 Å². The van der Waals surface area contributed by atoms with E-state index in [1.165, 1.54) is 31.4 Å². The van der Waals surface area contributed by atoms with Crippen LogP contribution < -0.4 is 9.88 Å². The summed E-state index contributed by atoms with van der Waals surface area (Å²) in [5, 5.41) is 5.02. The normalized spacial score (nSPS) is 17.9. The maximum absolute atomic E-state index is 11.1. The van der Waals surface area contributed by atoms with Crippen LogP contribution in [-0.2, 0) is 10.0 Å². The zero-order valence-electron chi connectivity index (χ0n) is 9.63. The lowest BCUT2D eigenvalue weighted by Crippen LogP contribution is -2.19. The third kappa shape index (κ3) is 3.44. The molecule has 0 heterocycles. The number of hydrogen-bond acceptors (Lipinski definition) is 3. The lowest BCUT2D eigenvalue weighted by molar-refractivity contribution is 0.155. The summed E-state index contributed by atoms with van der Waals surface area (Å²) in [6, 6.07) is 6.28. The molecule has 17 heavy (non-hydrogen) atoms. The Morgan fingerprint density at radius 2 is 1.65 bits per heavy atom. The minimum atomic E-state index is -3.61. The van der Waals surface area contributed by atoms with Gasteiger partial charge in [0.1, 0.15) is 5.75 Å². The monoisotopic (exact) mass is 255 g/mol. The average Bonchev–Trinajstić information content (AvgIpc) is 2.30. The molecule has 1 fully saturated rings. The lowest BCUT2D eigenvalue weighted by atomic mass is 9.98. The molecule has 1 aliphatic carbocycles. The van der Waals surface area contributed by atoms with Gasteiger partial charge in [0.2, 0.25) is 10.0 Å². The van der Waals surface area contributed by atoms with Crippen LogP contribution in [0.2, 0.25) is 0 Å². The topological polar surface area (TPSA) is 69.4 Å². The summed E-state index contributed by atoms with van der Waals surface area (Å²) in [4.78, 5) is 0.119. The van der Waals surface area contributed by atoms with Crippen LogP contribution >= 0.6 is 0 Å². The standard InChI is InChI=1S/C12H17NO3S/c13-17(14,15)12-8-6-11(7-9-12)16-10-4-2-1-3-5-10/h6-10H,1-5H2,(H2,13,14,15). The Bertz CT molecular complexity index is 461. The molecule has 0 aromatic heterocycles. The van der Waals surface area contributed by atoms with Gasteiger partial charge in [-0.1, -0.05) is 6.42 Å². The van der Waals surface area contributed by atoms with Gasteiger partial charge in [-0.25, -0.2) is 13.6 Å². The molecule has 1 saturated carbocycles. The SMILES string of the molecule is NS(=O)(=O)c1ccc(OC2CCCCC2)cc1. The van der Waals surface area contributed by atoms with Crippen LogP contribution in [0.15, 0.2) is 29.2 Å². The predicted molar refractivity (Wildman–Crippen MR) is 65.3 cm³/mol. The second kappa shape index (κ2) is 5.06. The van der Waals surface area contributed by atoms with E-state index in [2.05, 4.69) is 0 Å². The molecule has 0 bridgehead atoms. The number of nitrogens with two attached hydrogens (primary N) is 1. The molecule has 1 aromatic rings. The molecule has 2 N–H and O–H groups in total. The van der Waals surface area contributed by atoms with Crippen molar-refractivity contribution in [1.29, 1.82) is 0 Å². The van der Waals surface area contributed by atoms with Crippen LogP contribution in [0, 0.1) is 0 Å². The van der Waals surface area contributed by atoms with E-state index < -0.39 is 10.0 Å². The predicted octanol–water partition coefficient (Wildman–Crippen LogP) is 2.05. The second-order valence-electron chi connectivity index (χ2n) is 4.39. The smallest absolute Gasteiger partial charge is 0.238 e. The molecule has 2 rings (SSSR count). The second-order valence-corrected chi connectivity index (χ2v) is 5.96. The molecule has 1 aromatic carbocycles. The molecule has 0 radical (unpaired) electrons. The lowest BCUT2D eigenvalue weighted by Gasteiger charge is -2.22. The van der Waals surface area contributed by atoms with Crippen molar-refractivity contribution in [3.8, 4) is 5.75 Å².